The number of aliphatic hydroxyl groups excluding tert-OH is 2. The molecule has 1 saturated heterocycles. The maximum atomic E-state index is 13.2. The summed E-state index contributed by atoms with van der Waals surface area (Å²) < 4.78 is 28.4. The Balaban J connectivity index is 2.71. The number of rotatable bonds is 53. The maximum absolute atomic E-state index is 13.2. The molecule has 81 heavy (non-hydrogen) atoms. The normalized spacial score (nSPS) is 18.5. The van der Waals surface area contributed by atoms with E-state index in [0.29, 0.717) is 19.3 Å². The number of aliphatic carboxylic acids is 1. The number of hydrogen-bond donors (Lipinski definition) is 3. The Kier molecular flexibility index (Phi) is 51.3. The SMILES string of the molecule is CC/C=C\C/C=C\C/C=C\C/C=C\C/C=C\CCCCCC(=O)OC1C(OCC(COC(=O)CCCCCCCCCCCCCCCCCCC)OC(=O)CCCC/C=C\C/C=C\C/C=C\C/C=C\CC)OC(C(=O)O)C(O)C1O. The van der Waals surface area contributed by atoms with Crippen LogP contribution in [0.25, 0.3) is 0 Å². The number of carbonyl (C=O) groups is 4. The van der Waals surface area contributed by atoms with Gasteiger partial charge in [0, 0.05) is 19.3 Å². The van der Waals surface area contributed by atoms with E-state index in [0.717, 1.165) is 109 Å². The maximum Gasteiger partial charge on any atom is 0.335 e. The molecule has 3 N–H and O–H groups in total. The molecular weight excluding hydrogens is 1020 g/mol. The fraction of sp³-hybridized carbons (Fsp3) is 0.681. The summed E-state index contributed by atoms with van der Waals surface area (Å²) in [6, 6.07) is 0. The first-order valence-electron chi connectivity index (χ1n) is 31.9. The highest BCUT2D eigenvalue weighted by Gasteiger charge is 2.50. The number of hydrogen-bond acceptors (Lipinski definition) is 11. The van der Waals surface area contributed by atoms with Crippen LogP contribution in [0.15, 0.2) is 109 Å². The van der Waals surface area contributed by atoms with Gasteiger partial charge in [-0.25, -0.2) is 4.79 Å². The largest absolute Gasteiger partial charge is 0.479 e. The number of allylic oxidation sites excluding steroid dienone is 18. The van der Waals surface area contributed by atoms with Crippen molar-refractivity contribution in [1.82, 2.24) is 0 Å². The van der Waals surface area contributed by atoms with Gasteiger partial charge in [-0.05, 0) is 103 Å². The molecule has 12 nitrogen and oxygen atoms in total. The smallest absolute Gasteiger partial charge is 0.335 e. The Morgan fingerprint density at radius 2 is 0.778 bits per heavy atom. The van der Waals surface area contributed by atoms with Gasteiger partial charge in [-0.2, -0.15) is 0 Å². The topological polar surface area (TPSA) is 175 Å². The summed E-state index contributed by atoms with van der Waals surface area (Å²) in [5.74, 6) is -3.22. The fourth-order valence-corrected chi connectivity index (χ4v) is 9.03. The van der Waals surface area contributed by atoms with E-state index in [2.05, 4.69) is 130 Å². The Labute approximate surface area is 491 Å². The number of carboxylic acid groups (broad SMARTS) is 1. The molecule has 0 radical (unpaired) electrons. The number of carboxylic acids is 1. The standard InChI is InChI=1S/C69H112O12/c1-4-7-10-13-16-19-22-25-28-30-31-33-36-39-42-45-48-51-54-57-63(72)80-67-65(74)64(73)66(68(75)76)81-69(67)78-59-60(79-62(71)56-53-50-47-44-41-38-34-27-24-21-18-15-12-9-6-3)58-77-61(70)55-52-49-46-43-40-37-35-32-29-26-23-20-17-14-11-8-5-2/h7,9-10,12,16,18-19,21,25,27-28,31,33-34,39,41-42,44,60,64-67,69,73-74H,4-6,8,11,13-15,17,20,22-24,26,29-30,32,35-38,40,43,45-59H2,1-3H3,(H,75,76)/b10-7-,12-9-,19-16-,21-18-,28-25-,33-31-,34-27-,42-39-,44-41-. The molecule has 6 atom stereocenters. The number of aliphatic hydroxyl groups is 2. The minimum absolute atomic E-state index is 0.0119. The van der Waals surface area contributed by atoms with Crippen LogP contribution in [0.4, 0.5) is 0 Å². The molecule has 1 fully saturated rings. The van der Waals surface area contributed by atoms with Crippen molar-refractivity contribution in [1.29, 1.82) is 0 Å². The second-order valence-corrected chi connectivity index (χ2v) is 21.3. The van der Waals surface area contributed by atoms with E-state index in [1.165, 1.54) is 83.5 Å². The molecule has 0 aromatic rings. The van der Waals surface area contributed by atoms with Crippen molar-refractivity contribution in [2.24, 2.45) is 0 Å². The molecular formula is C69H112O12. The summed E-state index contributed by atoms with van der Waals surface area (Å²) in [7, 11) is 0. The minimum Gasteiger partial charge on any atom is -0.479 e. The van der Waals surface area contributed by atoms with Gasteiger partial charge in [-0.3, -0.25) is 14.4 Å². The van der Waals surface area contributed by atoms with Gasteiger partial charge < -0.3 is 39.0 Å². The highest BCUT2D eigenvalue weighted by Crippen LogP contribution is 2.26. The molecule has 0 bridgehead atoms. The van der Waals surface area contributed by atoms with Crippen molar-refractivity contribution in [3.8, 4) is 0 Å². The van der Waals surface area contributed by atoms with Crippen molar-refractivity contribution in [3.05, 3.63) is 109 Å². The van der Waals surface area contributed by atoms with E-state index in [1.54, 1.807) is 0 Å². The second kappa shape index (κ2) is 55.9. The van der Waals surface area contributed by atoms with Gasteiger partial charge in [0.15, 0.2) is 24.6 Å². The quantitative estimate of drug-likeness (QED) is 0.0228. The third-order valence-electron chi connectivity index (χ3n) is 13.8. The van der Waals surface area contributed by atoms with Crippen LogP contribution in [0.1, 0.15) is 252 Å². The Morgan fingerprint density at radius 3 is 1.21 bits per heavy atom. The molecule has 1 heterocycles. The average Bonchev–Trinajstić information content (AvgIpc) is 3.54. The Hall–Kier alpha value is -4.62. The lowest BCUT2D eigenvalue weighted by atomic mass is 9.98. The van der Waals surface area contributed by atoms with Gasteiger partial charge in [-0.1, -0.05) is 239 Å². The monoisotopic (exact) mass is 1130 g/mol. The Morgan fingerprint density at radius 1 is 0.420 bits per heavy atom. The third-order valence-corrected chi connectivity index (χ3v) is 13.8. The van der Waals surface area contributed by atoms with Crippen LogP contribution in [0.2, 0.25) is 0 Å². The molecule has 6 unspecified atom stereocenters. The molecule has 1 aliphatic rings. The van der Waals surface area contributed by atoms with Crippen LogP contribution in [-0.4, -0.2) is 89.2 Å². The lowest BCUT2D eigenvalue weighted by molar-refractivity contribution is -0.301. The first-order chi connectivity index (χ1) is 39.6. The second-order valence-electron chi connectivity index (χ2n) is 21.3. The van der Waals surface area contributed by atoms with Gasteiger partial charge in [0.2, 0.25) is 0 Å². The van der Waals surface area contributed by atoms with E-state index < -0.39 is 67.3 Å². The summed E-state index contributed by atoms with van der Waals surface area (Å²) in [5.41, 5.74) is 0. The molecule has 460 valence electrons. The number of esters is 3. The molecule has 0 spiro atoms. The Bertz CT molecular complexity index is 1820. The van der Waals surface area contributed by atoms with Crippen LogP contribution in [0, 0.1) is 0 Å². The highest BCUT2D eigenvalue weighted by molar-refractivity contribution is 5.74. The van der Waals surface area contributed by atoms with Crippen molar-refractivity contribution in [2.75, 3.05) is 13.2 Å². The van der Waals surface area contributed by atoms with Gasteiger partial charge >= 0.3 is 23.9 Å². The van der Waals surface area contributed by atoms with Crippen LogP contribution in [0.3, 0.4) is 0 Å². The van der Waals surface area contributed by atoms with Gasteiger partial charge in [0.25, 0.3) is 0 Å². The summed E-state index contributed by atoms with van der Waals surface area (Å²) in [6.45, 7) is 5.74. The molecule has 1 rings (SSSR count). The van der Waals surface area contributed by atoms with E-state index in [1.807, 2.05) is 0 Å². The van der Waals surface area contributed by atoms with Gasteiger partial charge in [-0.15, -0.1) is 0 Å². The summed E-state index contributed by atoms with van der Waals surface area (Å²) in [4.78, 5) is 51.3. The predicted molar refractivity (Wildman–Crippen MR) is 330 cm³/mol. The molecule has 0 amide bonds. The van der Waals surface area contributed by atoms with Gasteiger partial charge in [0.05, 0.1) is 6.61 Å². The molecule has 1 aliphatic heterocycles. The zero-order chi connectivity index (χ0) is 58.9. The molecule has 0 saturated carbocycles. The van der Waals surface area contributed by atoms with Gasteiger partial charge in [0.1, 0.15) is 18.8 Å². The summed E-state index contributed by atoms with van der Waals surface area (Å²) in [5, 5.41) is 31.6. The predicted octanol–water partition coefficient (Wildman–Crippen LogP) is 17.0. The fourth-order valence-electron chi connectivity index (χ4n) is 9.03. The average molecular weight is 1130 g/mol. The van der Waals surface area contributed by atoms with Crippen LogP contribution in [-0.2, 0) is 42.9 Å². The van der Waals surface area contributed by atoms with Crippen molar-refractivity contribution in [3.63, 3.8) is 0 Å². The first-order valence-corrected chi connectivity index (χ1v) is 31.9. The number of carbonyl (C=O) groups excluding carboxylic acids is 3. The minimum atomic E-state index is -1.93. The van der Waals surface area contributed by atoms with Crippen molar-refractivity contribution in [2.45, 2.75) is 289 Å². The lowest BCUT2D eigenvalue weighted by Crippen LogP contribution is -2.61. The molecule has 0 aromatic heterocycles. The molecule has 0 aliphatic carbocycles. The van der Waals surface area contributed by atoms with Crippen LogP contribution < -0.4 is 0 Å². The highest BCUT2D eigenvalue weighted by atomic mass is 16.7. The molecule has 12 heteroatoms. The summed E-state index contributed by atoms with van der Waals surface area (Å²) in [6.07, 6.45) is 63.4. The molecule has 0 aromatic carbocycles. The van der Waals surface area contributed by atoms with E-state index in [4.69, 9.17) is 23.7 Å². The first kappa shape index (κ1) is 74.4. The zero-order valence-corrected chi connectivity index (χ0v) is 50.7. The zero-order valence-electron chi connectivity index (χ0n) is 50.7. The number of ether oxygens (including phenoxy) is 5. The lowest BCUT2D eigenvalue weighted by Gasteiger charge is -2.40. The van der Waals surface area contributed by atoms with Crippen molar-refractivity contribution < 1.29 is 58.2 Å². The summed E-state index contributed by atoms with van der Waals surface area (Å²) >= 11 is 0. The third kappa shape index (κ3) is 45.6. The van der Waals surface area contributed by atoms with E-state index in [-0.39, 0.29) is 25.9 Å². The van der Waals surface area contributed by atoms with Crippen LogP contribution in [0.5, 0.6) is 0 Å². The van der Waals surface area contributed by atoms with Crippen LogP contribution >= 0.6 is 0 Å². The van der Waals surface area contributed by atoms with E-state index in [9.17, 15) is 34.5 Å². The van der Waals surface area contributed by atoms with Crippen molar-refractivity contribution >= 4 is 23.9 Å². The van der Waals surface area contributed by atoms with E-state index >= 15 is 0 Å². The number of unbranched alkanes of at least 4 members (excludes halogenated alkanes) is 21.